The number of benzene rings is 1. The van der Waals surface area contributed by atoms with Crippen LogP contribution in [0.5, 0.6) is 5.75 Å². The maximum absolute atomic E-state index is 13.6. The normalized spacial score (nSPS) is 14.9. The van der Waals surface area contributed by atoms with Gasteiger partial charge in [0, 0.05) is 30.4 Å². The van der Waals surface area contributed by atoms with E-state index in [-0.39, 0.29) is 29.4 Å². The second-order valence-corrected chi connectivity index (χ2v) is 6.39. The van der Waals surface area contributed by atoms with Crippen LogP contribution in [0.4, 0.5) is 13.2 Å². The van der Waals surface area contributed by atoms with Gasteiger partial charge in [-0.1, -0.05) is 0 Å². The zero-order valence-corrected chi connectivity index (χ0v) is 15.9. The Morgan fingerprint density at radius 1 is 1.24 bits per heavy atom. The molecule has 0 fully saturated rings. The molecular formula is C20H19F3N4O2. The summed E-state index contributed by atoms with van der Waals surface area (Å²) >= 11 is 0. The van der Waals surface area contributed by atoms with E-state index in [0.717, 1.165) is 12.1 Å². The van der Waals surface area contributed by atoms with Crippen molar-refractivity contribution in [2.45, 2.75) is 6.42 Å². The van der Waals surface area contributed by atoms with Gasteiger partial charge < -0.3 is 15.4 Å². The highest BCUT2D eigenvalue weighted by molar-refractivity contribution is 6.13. The number of nitrogens with zero attached hydrogens (tertiary/aromatic N) is 3. The highest BCUT2D eigenvalue weighted by atomic mass is 19.2. The molecule has 0 atom stereocenters. The second kappa shape index (κ2) is 8.34. The minimum absolute atomic E-state index is 0.0819. The van der Waals surface area contributed by atoms with Gasteiger partial charge in [-0.25, -0.2) is 18.2 Å². The third-order valence-corrected chi connectivity index (χ3v) is 4.63. The Morgan fingerprint density at radius 2 is 1.93 bits per heavy atom. The van der Waals surface area contributed by atoms with Crippen LogP contribution in [0.15, 0.2) is 46.7 Å². The lowest BCUT2D eigenvalue weighted by atomic mass is 9.94. The van der Waals surface area contributed by atoms with Crippen molar-refractivity contribution < 1.29 is 22.7 Å². The van der Waals surface area contributed by atoms with Gasteiger partial charge in [0.15, 0.2) is 17.5 Å². The fourth-order valence-corrected chi connectivity index (χ4v) is 3.15. The van der Waals surface area contributed by atoms with Gasteiger partial charge in [-0.3, -0.25) is 9.79 Å². The summed E-state index contributed by atoms with van der Waals surface area (Å²) in [5.41, 5.74) is 7.64. The summed E-state index contributed by atoms with van der Waals surface area (Å²) in [6, 6.07) is 4.94. The molecule has 2 N–H and O–H groups in total. The maximum Gasteiger partial charge on any atom is 0.272 e. The SMILES string of the molecule is CN=C(C1=C(N)CN(C(=O)c2ccc(OC)cn2)CC1)c1cc(F)c(F)c(F)c1. The van der Waals surface area contributed by atoms with Gasteiger partial charge in [0.1, 0.15) is 11.4 Å². The smallest absolute Gasteiger partial charge is 0.272 e. The molecule has 9 heteroatoms. The zero-order chi connectivity index (χ0) is 21.1. The van der Waals surface area contributed by atoms with Crippen LogP contribution in [0, 0.1) is 17.5 Å². The molecule has 0 radical (unpaired) electrons. The summed E-state index contributed by atoms with van der Waals surface area (Å²) in [4.78, 5) is 22.3. The molecule has 1 aromatic carbocycles. The maximum atomic E-state index is 13.6. The molecule has 152 valence electrons. The number of carbonyl (C=O) groups excluding carboxylic acids is 1. The second-order valence-electron chi connectivity index (χ2n) is 6.39. The van der Waals surface area contributed by atoms with Crippen molar-refractivity contribution in [1.82, 2.24) is 9.88 Å². The number of hydrogen-bond acceptors (Lipinski definition) is 5. The summed E-state index contributed by atoms with van der Waals surface area (Å²) in [5.74, 6) is -3.93. The largest absolute Gasteiger partial charge is 0.495 e. The third-order valence-electron chi connectivity index (χ3n) is 4.63. The molecule has 0 spiro atoms. The van der Waals surface area contributed by atoms with Crippen LogP contribution >= 0.6 is 0 Å². The minimum atomic E-state index is -1.54. The quantitative estimate of drug-likeness (QED) is 0.628. The Morgan fingerprint density at radius 3 is 2.45 bits per heavy atom. The molecule has 3 rings (SSSR count). The predicted octanol–water partition coefficient (Wildman–Crippen LogP) is 2.69. The van der Waals surface area contributed by atoms with E-state index in [1.165, 1.54) is 25.3 Å². The molecule has 1 aliphatic rings. The van der Waals surface area contributed by atoms with Crippen molar-refractivity contribution in [2.24, 2.45) is 10.7 Å². The number of hydrogen-bond donors (Lipinski definition) is 1. The summed E-state index contributed by atoms with van der Waals surface area (Å²) in [6.45, 7) is 0.417. The molecule has 29 heavy (non-hydrogen) atoms. The molecule has 1 aromatic heterocycles. The Balaban J connectivity index is 1.84. The van der Waals surface area contributed by atoms with E-state index < -0.39 is 17.5 Å². The minimum Gasteiger partial charge on any atom is -0.495 e. The van der Waals surface area contributed by atoms with Gasteiger partial charge in [-0.05, 0) is 30.7 Å². The summed E-state index contributed by atoms with van der Waals surface area (Å²) < 4.78 is 45.5. The molecule has 2 aromatic rings. The summed E-state index contributed by atoms with van der Waals surface area (Å²) in [6.07, 6.45) is 1.77. The molecule has 0 unspecified atom stereocenters. The predicted molar refractivity (Wildman–Crippen MR) is 101 cm³/mol. The lowest BCUT2D eigenvalue weighted by Crippen LogP contribution is -2.40. The van der Waals surface area contributed by atoms with Crippen molar-refractivity contribution in [3.8, 4) is 5.75 Å². The van der Waals surface area contributed by atoms with Crippen LogP contribution in [0.2, 0.25) is 0 Å². The van der Waals surface area contributed by atoms with Gasteiger partial charge >= 0.3 is 0 Å². The van der Waals surface area contributed by atoms with Crippen LogP contribution in [0.3, 0.4) is 0 Å². The summed E-state index contributed by atoms with van der Waals surface area (Å²) in [5, 5.41) is 0. The number of methoxy groups -OCH3 is 1. The lowest BCUT2D eigenvalue weighted by molar-refractivity contribution is 0.0758. The van der Waals surface area contributed by atoms with Crippen LogP contribution in [0.25, 0.3) is 0 Å². The fraction of sp³-hybridized carbons (Fsp3) is 0.250. The van der Waals surface area contributed by atoms with Crippen LogP contribution in [0.1, 0.15) is 22.5 Å². The highest BCUT2D eigenvalue weighted by Crippen LogP contribution is 2.24. The van der Waals surface area contributed by atoms with E-state index in [4.69, 9.17) is 10.5 Å². The molecule has 1 aliphatic heterocycles. The number of aliphatic imine (C=N–C) groups is 1. The van der Waals surface area contributed by atoms with Gasteiger partial charge in [-0.15, -0.1) is 0 Å². The Labute approximate surface area is 165 Å². The molecule has 1 amide bonds. The van der Waals surface area contributed by atoms with Crippen molar-refractivity contribution >= 4 is 11.6 Å². The molecule has 2 heterocycles. The number of aromatic nitrogens is 1. The van der Waals surface area contributed by atoms with E-state index in [2.05, 4.69) is 9.98 Å². The van der Waals surface area contributed by atoms with E-state index in [1.807, 2.05) is 0 Å². The van der Waals surface area contributed by atoms with E-state index in [0.29, 0.717) is 30.0 Å². The van der Waals surface area contributed by atoms with Crippen molar-refractivity contribution in [2.75, 3.05) is 27.2 Å². The first-order valence-electron chi connectivity index (χ1n) is 8.74. The molecule has 0 bridgehead atoms. The average Bonchev–Trinajstić information content (AvgIpc) is 2.73. The molecule has 0 saturated heterocycles. The van der Waals surface area contributed by atoms with Crippen molar-refractivity contribution in [3.05, 3.63) is 70.4 Å². The van der Waals surface area contributed by atoms with Gasteiger partial charge in [0.05, 0.1) is 25.6 Å². The summed E-state index contributed by atoms with van der Waals surface area (Å²) in [7, 11) is 2.95. The molecule has 0 aliphatic carbocycles. The van der Waals surface area contributed by atoms with Crippen LogP contribution in [-0.2, 0) is 0 Å². The van der Waals surface area contributed by atoms with E-state index in [9.17, 15) is 18.0 Å². The van der Waals surface area contributed by atoms with Gasteiger partial charge in [0.25, 0.3) is 5.91 Å². The first-order valence-corrected chi connectivity index (χ1v) is 8.74. The monoisotopic (exact) mass is 404 g/mol. The molecule has 6 nitrogen and oxygen atoms in total. The number of ether oxygens (including phenoxy) is 1. The standard InChI is InChI=1S/C20H19F3N4O2/c1-25-19(11-7-14(21)18(23)15(22)8-11)13-5-6-27(10-16(13)24)20(28)17-4-3-12(29-2)9-26-17/h3-4,7-9H,5-6,10,24H2,1-2H3. The Bertz CT molecular complexity index is 980. The van der Waals surface area contributed by atoms with Crippen LogP contribution in [-0.4, -0.2) is 48.7 Å². The highest BCUT2D eigenvalue weighted by Gasteiger charge is 2.26. The van der Waals surface area contributed by atoms with Gasteiger partial charge in [0.2, 0.25) is 0 Å². The lowest BCUT2D eigenvalue weighted by Gasteiger charge is -2.29. The Kier molecular flexibility index (Phi) is 5.86. The van der Waals surface area contributed by atoms with Crippen LogP contribution < -0.4 is 10.5 Å². The van der Waals surface area contributed by atoms with Gasteiger partial charge in [-0.2, -0.15) is 0 Å². The van der Waals surface area contributed by atoms with E-state index in [1.54, 1.807) is 12.1 Å². The van der Waals surface area contributed by atoms with Crippen molar-refractivity contribution in [3.63, 3.8) is 0 Å². The zero-order valence-electron chi connectivity index (χ0n) is 15.9. The Hall–Kier alpha value is -3.36. The average molecular weight is 404 g/mol. The topological polar surface area (TPSA) is 80.8 Å². The number of nitrogens with two attached hydrogens (primary N) is 1. The van der Waals surface area contributed by atoms with E-state index >= 15 is 0 Å². The first-order chi connectivity index (χ1) is 13.8. The first kappa shape index (κ1) is 20.4. The number of carbonyl (C=O) groups is 1. The number of pyridine rings is 1. The van der Waals surface area contributed by atoms with Crippen molar-refractivity contribution in [1.29, 1.82) is 0 Å². The molecule has 0 saturated carbocycles. The fourth-order valence-electron chi connectivity index (χ4n) is 3.15. The third kappa shape index (κ3) is 4.08. The number of amides is 1. The molecular weight excluding hydrogens is 385 g/mol. The number of rotatable bonds is 4. The number of halogens is 3.